The molecule has 116 valence electrons. The van der Waals surface area contributed by atoms with Gasteiger partial charge in [0.15, 0.2) is 0 Å². The Balaban J connectivity index is 2.06. The minimum atomic E-state index is -0.691. The van der Waals surface area contributed by atoms with Gasteiger partial charge in [-0.25, -0.2) is 8.78 Å². The van der Waals surface area contributed by atoms with Gasteiger partial charge in [0.05, 0.1) is 12.0 Å². The number of nitrogens with two attached hydrogens (primary N) is 1. The molecule has 1 aromatic rings. The molecular weight excluding hydrogens is 274 g/mol. The smallest absolute Gasteiger partial charge is 0.225 e. The van der Waals surface area contributed by atoms with E-state index in [4.69, 9.17) is 5.73 Å². The number of hydrogen-bond acceptors (Lipinski definition) is 2. The highest BCUT2D eigenvalue weighted by molar-refractivity contribution is 5.79. The molecule has 3 nitrogen and oxygen atoms in total. The topological polar surface area (TPSA) is 55.1 Å². The summed E-state index contributed by atoms with van der Waals surface area (Å²) in [7, 11) is 0. The first kappa shape index (κ1) is 15.9. The second-order valence-electron chi connectivity index (χ2n) is 5.97. The average molecular weight is 296 g/mol. The van der Waals surface area contributed by atoms with Crippen molar-refractivity contribution in [2.24, 2.45) is 11.7 Å². The fourth-order valence-electron chi connectivity index (χ4n) is 3.11. The zero-order chi connectivity index (χ0) is 15.5. The van der Waals surface area contributed by atoms with Crippen LogP contribution in [0.25, 0.3) is 0 Å². The van der Waals surface area contributed by atoms with E-state index in [0.717, 1.165) is 37.8 Å². The minimum absolute atomic E-state index is 0.0966. The maximum Gasteiger partial charge on any atom is 0.225 e. The molecule has 2 rings (SSSR count). The van der Waals surface area contributed by atoms with E-state index in [0.29, 0.717) is 12.5 Å². The van der Waals surface area contributed by atoms with Gasteiger partial charge in [-0.15, -0.1) is 0 Å². The SMILES string of the molecule is CC1CCCCC1(CN)NC(=O)Cc1ccc(F)cc1F. The molecule has 2 atom stereocenters. The monoisotopic (exact) mass is 296 g/mol. The van der Waals surface area contributed by atoms with Crippen molar-refractivity contribution in [1.29, 1.82) is 0 Å². The maximum absolute atomic E-state index is 13.6. The Hall–Kier alpha value is -1.49. The molecule has 0 heterocycles. The number of rotatable bonds is 4. The third kappa shape index (κ3) is 3.59. The molecule has 0 bridgehead atoms. The summed E-state index contributed by atoms with van der Waals surface area (Å²) >= 11 is 0. The lowest BCUT2D eigenvalue weighted by Crippen LogP contribution is -2.59. The Labute approximate surface area is 123 Å². The Morgan fingerprint density at radius 3 is 2.81 bits per heavy atom. The van der Waals surface area contributed by atoms with Crippen LogP contribution in [0.2, 0.25) is 0 Å². The summed E-state index contributed by atoms with van der Waals surface area (Å²) in [6, 6.07) is 3.27. The average Bonchev–Trinajstić information content (AvgIpc) is 2.44. The van der Waals surface area contributed by atoms with Crippen LogP contribution in [0.5, 0.6) is 0 Å². The van der Waals surface area contributed by atoms with Crippen LogP contribution in [0.4, 0.5) is 8.78 Å². The molecule has 1 aliphatic rings. The summed E-state index contributed by atoms with van der Waals surface area (Å²) in [5.41, 5.74) is 5.68. The first-order valence-electron chi connectivity index (χ1n) is 7.42. The first-order chi connectivity index (χ1) is 9.97. The molecule has 3 N–H and O–H groups in total. The first-order valence-corrected chi connectivity index (χ1v) is 7.42. The summed E-state index contributed by atoms with van der Waals surface area (Å²) in [4.78, 5) is 12.2. The van der Waals surface area contributed by atoms with E-state index >= 15 is 0 Å². The molecule has 1 aromatic carbocycles. The van der Waals surface area contributed by atoms with Gasteiger partial charge >= 0.3 is 0 Å². The number of amides is 1. The van der Waals surface area contributed by atoms with Crippen molar-refractivity contribution >= 4 is 5.91 Å². The van der Waals surface area contributed by atoms with Crippen molar-refractivity contribution in [1.82, 2.24) is 5.32 Å². The highest BCUT2D eigenvalue weighted by atomic mass is 19.1. The van der Waals surface area contributed by atoms with Crippen molar-refractivity contribution in [2.75, 3.05) is 6.54 Å². The molecule has 0 aromatic heterocycles. The van der Waals surface area contributed by atoms with Crippen molar-refractivity contribution in [3.8, 4) is 0 Å². The molecule has 2 unspecified atom stereocenters. The van der Waals surface area contributed by atoms with Crippen molar-refractivity contribution in [3.63, 3.8) is 0 Å². The van der Waals surface area contributed by atoms with Crippen LogP contribution >= 0.6 is 0 Å². The van der Waals surface area contributed by atoms with Gasteiger partial charge in [-0.2, -0.15) is 0 Å². The van der Waals surface area contributed by atoms with Gasteiger partial charge < -0.3 is 11.1 Å². The second kappa shape index (κ2) is 6.52. The molecule has 1 aliphatic carbocycles. The van der Waals surface area contributed by atoms with Crippen LogP contribution in [0.15, 0.2) is 18.2 Å². The summed E-state index contributed by atoms with van der Waals surface area (Å²) < 4.78 is 26.5. The summed E-state index contributed by atoms with van der Waals surface area (Å²) in [5.74, 6) is -1.29. The Bertz CT molecular complexity index is 521. The van der Waals surface area contributed by atoms with Gasteiger partial charge in [0.1, 0.15) is 11.6 Å². The molecule has 1 amide bonds. The maximum atomic E-state index is 13.6. The second-order valence-corrected chi connectivity index (χ2v) is 5.97. The number of hydrogen-bond donors (Lipinski definition) is 2. The molecular formula is C16H22F2N2O. The number of benzene rings is 1. The van der Waals surface area contributed by atoms with Gasteiger partial charge in [0.25, 0.3) is 0 Å². The van der Waals surface area contributed by atoms with Gasteiger partial charge in [0.2, 0.25) is 5.91 Å². The van der Waals surface area contributed by atoms with E-state index < -0.39 is 17.2 Å². The van der Waals surface area contributed by atoms with E-state index in [1.165, 1.54) is 6.07 Å². The number of carbonyl (C=O) groups excluding carboxylic acids is 1. The zero-order valence-corrected chi connectivity index (χ0v) is 12.3. The van der Waals surface area contributed by atoms with E-state index in [9.17, 15) is 13.6 Å². The highest BCUT2D eigenvalue weighted by Crippen LogP contribution is 2.33. The molecule has 1 fully saturated rings. The summed E-state index contributed by atoms with van der Waals surface area (Å²) in [6.45, 7) is 2.47. The molecule has 5 heteroatoms. The fraction of sp³-hybridized carbons (Fsp3) is 0.562. The summed E-state index contributed by atoms with van der Waals surface area (Å²) in [6.07, 6.45) is 3.96. The van der Waals surface area contributed by atoms with Crippen LogP contribution < -0.4 is 11.1 Å². The lowest BCUT2D eigenvalue weighted by molar-refractivity contribution is -0.123. The lowest BCUT2D eigenvalue weighted by Gasteiger charge is -2.42. The predicted molar refractivity (Wildman–Crippen MR) is 77.6 cm³/mol. The highest BCUT2D eigenvalue weighted by Gasteiger charge is 2.38. The van der Waals surface area contributed by atoms with Gasteiger partial charge in [-0.3, -0.25) is 4.79 Å². The predicted octanol–water partition coefficient (Wildman–Crippen LogP) is 2.53. The summed E-state index contributed by atoms with van der Waals surface area (Å²) in [5, 5.41) is 3.00. The Morgan fingerprint density at radius 1 is 1.43 bits per heavy atom. The number of halogens is 2. The zero-order valence-electron chi connectivity index (χ0n) is 12.3. The third-order valence-electron chi connectivity index (χ3n) is 4.57. The fourth-order valence-corrected chi connectivity index (χ4v) is 3.11. The van der Waals surface area contributed by atoms with Crippen LogP contribution in [0.1, 0.15) is 38.2 Å². The number of carbonyl (C=O) groups is 1. The standard InChI is InChI=1S/C16H22F2N2O/c1-11-4-2-3-7-16(11,10-19)20-15(21)8-12-5-6-13(17)9-14(12)18/h5-6,9,11H,2-4,7-8,10,19H2,1H3,(H,20,21). The Morgan fingerprint density at radius 2 is 2.19 bits per heavy atom. The third-order valence-corrected chi connectivity index (χ3v) is 4.57. The molecule has 0 aliphatic heterocycles. The van der Waals surface area contributed by atoms with Crippen LogP contribution in [-0.2, 0) is 11.2 Å². The van der Waals surface area contributed by atoms with Crippen molar-refractivity contribution in [2.45, 2.75) is 44.6 Å². The van der Waals surface area contributed by atoms with Gasteiger partial charge in [0, 0.05) is 12.6 Å². The van der Waals surface area contributed by atoms with E-state index in [2.05, 4.69) is 12.2 Å². The van der Waals surface area contributed by atoms with Gasteiger partial charge in [-0.1, -0.05) is 25.8 Å². The van der Waals surface area contributed by atoms with Crippen LogP contribution in [0, 0.1) is 17.6 Å². The normalized spacial score (nSPS) is 25.6. The largest absolute Gasteiger partial charge is 0.349 e. The Kier molecular flexibility index (Phi) is 4.93. The molecule has 1 saturated carbocycles. The van der Waals surface area contributed by atoms with Crippen molar-refractivity contribution < 1.29 is 13.6 Å². The number of nitrogens with one attached hydrogen (secondary N) is 1. The van der Waals surface area contributed by atoms with E-state index in [1.54, 1.807) is 0 Å². The van der Waals surface area contributed by atoms with Crippen LogP contribution in [-0.4, -0.2) is 18.0 Å². The van der Waals surface area contributed by atoms with E-state index in [1.807, 2.05) is 0 Å². The molecule has 0 spiro atoms. The van der Waals surface area contributed by atoms with Gasteiger partial charge in [-0.05, 0) is 30.4 Å². The van der Waals surface area contributed by atoms with E-state index in [-0.39, 0.29) is 17.9 Å². The molecule has 21 heavy (non-hydrogen) atoms. The van der Waals surface area contributed by atoms with Crippen LogP contribution in [0.3, 0.4) is 0 Å². The van der Waals surface area contributed by atoms with Crippen molar-refractivity contribution in [3.05, 3.63) is 35.4 Å². The minimum Gasteiger partial charge on any atom is -0.349 e. The quantitative estimate of drug-likeness (QED) is 0.897. The molecule has 0 radical (unpaired) electrons. The molecule has 0 saturated heterocycles. The lowest BCUT2D eigenvalue weighted by atomic mass is 9.73.